The molecule has 1 rings (SSSR count). The molecule has 20 heavy (non-hydrogen) atoms. The number of hydrogen-bond donors (Lipinski definition) is 2. The molecule has 0 aliphatic carbocycles. The number of benzene rings is 1. The SMILES string of the molecule is CCC(CNc1ccccc1S(=O)(=O)N(C)C)C(=O)O. The Kier molecular flexibility index (Phi) is 5.52. The molecule has 1 atom stereocenters. The molecule has 0 saturated carbocycles. The number of anilines is 1. The summed E-state index contributed by atoms with van der Waals surface area (Å²) in [4.78, 5) is 11.1. The number of sulfonamides is 1. The maximum absolute atomic E-state index is 12.2. The van der Waals surface area contributed by atoms with Crippen molar-refractivity contribution < 1.29 is 18.3 Å². The van der Waals surface area contributed by atoms with Gasteiger partial charge in [0.1, 0.15) is 4.90 Å². The van der Waals surface area contributed by atoms with Gasteiger partial charge >= 0.3 is 5.97 Å². The lowest BCUT2D eigenvalue weighted by atomic mass is 10.1. The van der Waals surface area contributed by atoms with E-state index in [9.17, 15) is 13.2 Å². The van der Waals surface area contributed by atoms with Gasteiger partial charge in [-0.15, -0.1) is 0 Å². The van der Waals surface area contributed by atoms with E-state index in [0.29, 0.717) is 12.1 Å². The average molecular weight is 300 g/mol. The first kappa shape index (κ1) is 16.5. The molecular formula is C13H20N2O4S. The number of nitrogens with zero attached hydrogens (tertiary/aromatic N) is 1. The molecule has 7 heteroatoms. The first-order chi connectivity index (χ1) is 9.30. The molecule has 6 nitrogen and oxygen atoms in total. The normalized spacial score (nSPS) is 13.2. The van der Waals surface area contributed by atoms with Gasteiger partial charge in [0.15, 0.2) is 0 Å². The molecule has 112 valence electrons. The fourth-order valence-electron chi connectivity index (χ4n) is 1.67. The van der Waals surface area contributed by atoms with Crippen molar-refractivity contribution in [2.45, 2.75) is 18.2 Å². The van der Waals surface area contributed by atoms with E-state index in [1.54, 1.807) is 25.1 Å². The summed E-state index contributed by atoms with van der Waals surface area (Å²) in [6.45, 7) is 1.97. The topological polar surface area (TPSA) is 86.7 Å². The zero-order valence-electron chi connectivity index (χ0n) is 11.8. The highest BCUT2D eigenvalue weighted by molar-refractivity contribution is 7.89. The zero-order valence-corrected chi connectivity index (χ0v) is 12.6. The minimum absolute atomic E-state index is 0.144. The third-order valence-corrected chi connectivity index (χ3v) is 4.90. The van der Waals surface area contributed by atoms with E-state index in [0.717, 1.165) is 4.31 Å². The van der Waals surface area contributed by atoms with Crippen LogP contribution in [0.25, 0.3) is 0 Å². The first-order valence-electron chi connectivity index (χ1n) is 6.29. The maximum Gasteiger partial charge on any atom is 0.308 e. The van der Waals surface area contributed by atoms with E-state index in [4.69, 9.17) is 5.11 Å². The van der Waals surface area contributed by atoms with Crippen molar-refractivity contribution >= 4 is 21.7 Å². The zero-order chi connectivity index (χ0) is 15.3. The predicted octanol–water partition coefficient (Wildman–Crippen LogP) is 1.46. The van der Waals surface area contributed by atoms with Crippen molar-refractivity contribution in [1.82, 2.24) is 4.31 Å². The number of carbonyl (C=O) groups is 1. The Hall–Kier alpha value is -1.60. The maximum atomic E-state index is 12.2. The van der Waals surface area contributed by atoms with Crippen molar-refractivity contribution in [3.63, 3.8) is 0 Å². The minimum Gasteiger partial charge on any atom is -0.481 e. The second-order valence-corrected chi connectivity index (χ2v) is 6.73. The highest BCUT2D eigenvalue weighted by atomic mass is 32.2. The molecule has 0 aromatic heterocycles. The summed E-state index contributed by atoms with van der Waals surface area (Å²) < 4.78 is 25.5. The molecule has 2 N–H and O–H groups in total. The number of carboxylic acids is 1. The number of hydrogen-bond acceptors (Lipinski definition) is 4. The first-order valence-corrected chi connectivity index (χ1v) is 7.73. The van der Waals surface area contributed by atoms with Crippen LogP contribution in [0.1, 0.15) is 13.3 Å². The van der Waals surface area contributed by atoms with Gasteiger partial charge in [0, 0.05) is 20.6 Å². The van der Waals surface area contributed by atoms with Gasteiger partial charge in [-0.25, -0.2) is 12.7 Å². The van der Waals surface area contributed by atoms with Crippen LogP contribution in [0.4, 0.5) is 5.69 Å². The summed E-state index contributed by atoms with van der Waals surface area (Å²) in [7, 11) is -0.646. The van der Waals surface area contributed by atoms with Gasteiger partial charge in [0.05, 0.1) is 11.6 Å². The smallest absolute Gasteiger partial charge is 0.308 e. The van der Waals surface area contributed by atoms with Crippen molar-refractivity contribution in [2.75, 3.05) is 26.0 Å². The van der Waals surface area contributed by atoms with Crippen LogP contribution in [-0.4, -0.2) is 44.4 Å². The lowest BCUT2D eigenvalue weighted by molar-refractivity contribution is -0.141. The van der Waals surface area contributed by atoms with E-state index in [2.05, 4.69) is 5.32 Å². The third-order valence-electron chi connectivity index (χ3n) is 3.03. The van der Waals surface area contributed by atoms with Crippen molar-refractivity contribution in [1.29, 1.82) is 0 Å². The quantitative estimate of drug-likeness (QED) is 0.796. The molecule has 0 radical (unpaired) electrons. The predicted molar refractivity (Wildman–Crippen MR) is 77.2 cm³/mol. The number of carboxylic acid groups (broad SMARTS) is 1. The number of aliphatic carboxylic acids is 1. The van der Waals surface area contributed by atoms with Crippen LogP contribution in [0.3, 0.4) is 0 Å². The van der Waals surface area contributed by atoms with Crippen LogP contribution < -0.4 is 5.32 Å². The summed E-state index contributed by atoms with van der Waals surface area (Å²) in [6.07, 6.45) is 0.477. The van der Waals surface area contributed by atoms with Crippen molar-refractivity contribution in [2.24, 2.45) is 5.92 Å². The summed E-state index contributed by atoms with van der Waals surface area (Å²) in [6, 6.07) is 6.47. The molecule has 0 aliphatic rings. The van der Waals surface area contributed by atoms with Gasteiger partial charge in [0.25, 0.3) is 0 Å². The summed E-state index contributed by atoms with van der Waals surface area (Å²) in [5, 5.41) is 11.9. The highest BCUT2D eigenvalue weighted by Crippen LogP contribution is 2.23. The third kappa shape index (κ3) is 3.71. The van der Waals surface area contributed by atoms with Crippen LogP contribution in [0.2, 0.25) is 0 Å². The molecule has 1 aromatic rings. The minimum atomic E-state index is -3.56. The second kappa shape index (κ2) is 6.71. The van der Waals surface area contributed by atoms with Gasteiger partial charge in [-0.05, 0) is 18.6 Å². The number of rotatable bonds is 7. The van der Waals surface area contributed by atoms with Gasteiger partial charge in [-0.2, -0.15) is 0 Å². The lowest BCUT2D eigenvalue weighted by Crippen LogP contribution is -2.25. The fraction of sp³-hybridized carbons (Fsp3) is 0.462. The van der Waals surface area contributed by atoms with E-state index in [1.165, 1.54) is 20.2 Å². The van der Waals surface area contributed by atoms with Gasteiger partial charge in [-0.1, -0.05) is 19.1 Å². The monoisotopic (exact) mass is 300 g/mol. The molecule has 0 spiro atoms. The molecule has 0 bridgehead atoms. The summed E-state index contributed by atoms with van der Waals surface area (Å²) in [5.41, 5.74) is 0.418. The van der Waals surface area contributed by atoms with Crippen molar-refractivity contribution in [3.8, 4) is 0 Å². The van der Waals surface area contributed by atoms with Crippen LogP contribution in [0.15, 0.2) is 29.2 Å². The second-order valence-electron chi connectivity index (χ2n) is 4.61. The van der Waals surface area contributed by atoms with E-state index < -0.39 is 21.9 Å². The van der Waals surface area contributed by atoms with Crippen LogP contribution in [-0.2, 0) is 14.8 Å². The average Bonchev–Trinajstić information content (AvgIpc) is 2.39. The van der Waals surface area contributed by atoms with E-state index in [1.807, 2.05) is 0 Å². The molecule has 0 heterocycles. The Bertz CT molecular complexity index is 569. The Morgan fingerprint density at radius 1 is 1.35 bits per heavy atom. The largest absolute Gasteiger partial charge is 0.481 e. The van der Waals surface area contributed by atoms with E-state index in [-0.39, 0.29) is 11.4 Å². The van der Waals surface area contributed by atoms with Crippen LogP contribution in [0, 0.1) is 5.92 Å². The van der Waals surface area contributed by atoms with Gasteiger partial charge in [-0.3, -0.25) is 4.79 Å². The van der Waals surface area contributed by atoms with Crippen LogP contribution >= 0.6 is 0 Å². The Labute approximate surface area is 119 Å². The van der Waals surface area contributed by atoms with Crippen molar-refractivity contribution in [3.05, 3.63) is 24.3 Å². The fourth-order valence-corrected chi connectivity index (χ4v) is 2.74. The Morgan fingerprint density at radius 2 is 1.95 bits per heavy atom. The van der Waals surface area contributed by atoms with Crippen LogP contribution in [0.5, 0.6) is 0 Å². The summed E-state index contributed by atoms with van der Waals surface area (Å²) in [5.74, 6) is -1.45. The Balaban J connectivity index is 3.01. The molecule has 0 fully saturated rings. The van der Waals surface area contributed by atoms with Gasteiger partial charge < -0.3 is 10.4 Å². The molecule has 1 unspecified atom stereocenters. The lowest BCUT2D eigenvalue weighted by Gasteiger charge is -2.17. The standard InChI is InChI=1S/C13H20N2O4S/c1-4-10(13(16)17)9-14-11-7-5-6-8-12(11)20(18,19)15(2)3/h5-8,10,14H,4,9H2,1-3H3,(H,16,17). The molecule has 0 amide bonds. The molecule has 1 aromatic carbocycles. The number of nitrogens with one attached hydrogen (secondary N) is 1. The summed E-state index contributed by atoms with van der Waals surface area (Å²) >= 11 is 0. The number of para-hydroxylation sites is 1. The molecule has 0 aliphatic heterocycles. The van der Waals surface area contributed by atoms with Gasteiger partial charge in [0.2, 0.25) is 10.0 Å². The molecule has 0 saturated heterocycles. The Morgan fingerprint density at radius 3 is 2.45 bits per heavy atom. The molecular weight excluding hydrogens is 280 g/mol. The highest BCUT2D eigenvalue weighted by Gasteiger charge is 2.22. The van der Waals surface area contributed by atoms with E-state index >= 15 is 0 Å².